The second-order valence-electron chi connectivity index (χ2n) is 3.47. The van der Waals surface area contributed by atoms with Crippen LogP contribution in [0.2, 0.25) is 0 Å². The van der Waals surface area contributed by atoms with Crippen molar-refractivity contribution in [1.29, 1.82) is 0 Å². The number of aliphatic hydroxyl groups is 1. The van der Waals surface area contributed by atoms with Gasteiger partial charge in [-0.25, -0.2) is 0 Å². The maximum Gasteiger partial charge on any atom is 0.244 e. The van der Waals surface area contributed by atoms with E-state index in [1.165, 1.54) is 6.08 Å². The topological polar surface area (TPSA) is 67.8 Å². The van der Waals surface area contributed by atoms with Crippen LogP contribution in [-0.2, 0) is 9.53 Å². The van der Waals surface area contributed by atoms with Crippen molar-refractivity contribution >= 4 is 12.0 Å². The molecule has 1 amide bonds. The van der Waals surface area contributed by atoms with E-state index >= 15 is 0 Å². The highest BCUT2D eigenvalue weighted by molar-refractivity contribution is 5.91. The van der Waals surface area contributed by atoms with Crippen LogP contribution in [-0.4, -0.2) is 38.1 Å². The Balaban J connectivity index is 2.47. The van der Waals surface area contributed by atoms with Crippen LogP contribution >= 0.6 is 0 Å². The van der Waals surface area contributed by atoms with Crippen molar-refractivity contribution in [3.63, 3.8) is 0 Å². The minimum Gasteiger partial charge on any atom is -0.468 e. The van der Waals surface area contributed by atoms with Crippen LogP contribution in [0.25, 0.3) is 6.08 Å². The molecule has 0 spiro atoms. The highest BCUT2D eigenvalue weighted by Gasteiger charge is 1.95. The van der Waals surface area contributed by atoms with Crippen molar-refractivity contribution in [2.24, 2.45) is 0 Å². The smallest absolute Gasteiger partial charge is 0.244 e. The Bertz CT molecular complexity index is 386. The first-order valence-electron chi connectivity index (χ1n) is 5.55. The quantitative estimate of drug-likeness (QED) is 0.555. The van der Waals surface area contributed by atoms with Crippen LogP contribution in [0.3, 0.4) is 0 Å². The van der Waals surface area contributed by atoms with Gasteiger partial charge in [-0.3, -0.25) is 4.79 Å². The van der Waals surface area contributed by atoms with Gasteiger partial charge < -0.3 is 19.9 Å². The molecule has 0 aromatic heterocycles. The van der Waals surface area contributed by atoms with Gasteiger partial charge in [-0.2, -0.15) is 0 Å². The third kappa shape index (κ3) is 5.47. The summed E-state index contributed by atoms with van der Waals surface area (Å²) in [6, 6.07) is 7.26. The number of aliphatic hydroxyl groups excluding tert-OH is 1. The molecule has 0 aliphatic heterocycles. The monoisotopic (exact) mass is 251 g/mol. The highest BCUT2D eigenvalue weighted by atomic mass is 16.7. The normalized spacial score (nSPS) is 10.6. The highest BCUT2D eigenvalue weighted by Crippen LogP contribution is 2.12. The zero-order valence-electron chi connectivity index (χ0n) is 10.3. The fraction of sp³-hybridized carbons (Fsp3) is 0.308. The summed E-state index contributed by atoms with van der Waals surface area (Å²) in [5, 5.41) is 11.1. The maximum atomic E-state index is 11.2. The van der Waals surface area contributed by atoms with Crippen LogP contribution in [0, 0.1) is 0 Å². The standard InChI is InChI=1S/C13H17NO4/c1-17-10-18-12-5-2-11(3-6-12)4-7-13(16)14-8-9-15/h2-7,15H,8-10H2,1H3,(H,14,16)/b7-4+. The van der Waals surface area contributed by atoms with E-state index in [9.17, 15) is 4.79 Å². The summed E-state index contributed by atoms with van der Waals surface area (Å²) in [4.78, 5) is 11.2. The molecule has 1 aromatic rings. The number of amides is 1. The lowest BCUT2D eigenvalue weighted by molar-refractivity contribution is -0.116. The van der Waals surface area contributed by atoms with Gasteiger partial charge in [0.2, 0.25) is 5.91 Å². The number of hydrogen-bond donors (Lipinski definition) is 2. The number of ether oxygens (including phenoxy) is 2. The molecule has 0 radical (unpaired) electrons. The average molecular weight is 251 g/mol. The summed E-state index contributed by atoms with van der Waals surface area (Å²) in [7, 11) is 1.56. The predicted molar refractivity (Wildman–Crippen MR) is 68.1 cm³/mol. The number of benzene rings is 1. The lowest BCUT2D eigenvalue weighted by atomic mass is 10.2. The van der Waals surface area contributed by atoms with Gasteiger partial charge >= 0.3 is 0 Å². The van der Waals surface area contributed by atoms with Gasteiger partial charge in [-0.05, 0) is 23.8 Å². The Morgan fingerprint density at radius 2 is 2.11 bits per heavy atom. The second-order valence-corrected chi connectivity index (χ2v) is 3.47. The zero-order valence-corrected chi connectivity index (χ0v) is 10.3. The third-order valence-corrected chi connectivity index (χ3v) is 2.06. The van der Waals surface area contributed by atoms with Gasteiger partial charge in [-0.15, -0.1) is 0 Å². The summed E-state index contributed by atoms with van der Waals surface area (Å²) in [6.45, 7) is 0.400. The van der Waals surface area contributed by atoms with E-state index in [1.807, 2.05) is 12.1 Å². The molecule has 5 nitrogen and oxygen atoms in total. The first-order chi connectivity index (χ1) is 8.76. The molecular weight excluding hydrogens is 234 g/mol. The fourth-order valence-corrected chi connectivity index (χ4v) is 1.21. The minimum atomic E-state index is -0.233. The van der Waals surface area contributed by atoms with Crippen molar-refractivity contribution in [2.45, 2.75) is 0 Å². The first kappa shape index (κ1) is 14.2. The Labute approximate surface area is 106 Å². The summed E-state index contributed by atoms with van der Waals surface area (Å²) >= 11 is 0. The van der Waals surface area contributed by atoms with E-state index in [0.29, 0.717) is 5.75 Å². The van der Waals surface area contributed by atoms with Crippen molar-refractivity contribution < 1.29 is 19.4 Å². The lowest BCUT2D eigenvalue weighted by Gasteiger charge is -2.04. The average Bonchev–Trinajstić information content (AvgIpc) is 2.41. The van der Waals surface area contributed by atoms with Gasteiger partial charge in [0.1, 0.15) is 5.75 Å². The zero-order chi connectivity index (χ0) is 13.2. The first-order valence-corrected chi connectivity index (χ1v) is 5.55. The SMILES string of the molecule is COCOc1ccc(/C=C/C(=O)NCCO)cc1. The van der Waals surface area contributed by atoms with Crippen molar-refractivity contribution in [1.82, 2.24) is 5.32 Å². The number of rotatable bonds is 7. The molecule has 0 heterocycles. The van der Waals surface area contributed by atoms with E-state index in [4.69, 9.17) is 14.6 Å². The number of methoxy groups -OCH3 is 1. The molecule has 5 heteroatoms. The van der Waals surface area contributed by atoms with E-state index < -0.39 is 0 Å². The van der Waals surface area contributed by atoms with Crippen LogP contribution < -0.4 is 10.1 Å². The minimum absolute atomic E-state index is 0.0644. The van der Waals surface area contributed by atoms with E-state index in [2.05, 4.69) is 5.32 Å². The predicted octanol–water partition coefficient (Wildman–Crippen LogP) is 0.791. The molecule has 0 unspecified atom stereocenters. The molecule has 0 aliphatic carbocycles. The molecule has 0 saturated heterocycles. The summed E-state index contributed by atoms with van der Waals surface area (Å²) in [5.41, 5.74) is 0.888. The van der Waals surface area contributed by atoms with Crippen LogP contribution in [0.1, 0.15) is 5.56 Å². The Kier molecular flexibility index (Phi) is 6.53. The number of carbonyl (C=O) groups excluding carboxylic acids is 1. The van der Waals surface area contributed by atoms with E-state index in [1.54, 1.807) is 25.3 Å². The molecule has 18 heavy (non-hydrogen) atoms. The number of nitrogens with one attached hydrogen (secondary N) is 1. The molecule has 98 valence electrons. The van der Waals surface area contributed by atoms with Crippen molar-refractivity contribution in [3.8, 4) is 5.75 Å². The maximum absolute atomic E-state index is 11.2. The molecule has 0 aliphatic rings. The van der Waals surface area contributed by atoms with Gasteiger partial charge in [0.15, 0.2) is 6.79 Å². The van der Waals surface area contributed by atoms with Gasteiger partial charge in [0.05, 0.1) is 6.61 Å². The molecule has 0 fully saturated rings. The van der Waals surface area contributed by atoms with Gasteiger partial charge in [0, 0.05) is 19.7 Å². The molecule has 0 bridgehead atoms. The Morgan fingerprint density at radius 3 is 2.72 bits per heavy atom. The lowest BCUT2D eigenvalue weighted by Crippen LogP contribution is -2.24. The summed E-state index contributed by atoms with van der Waals surface area (Å²) < 4.78 is 10.0. The van der Waals surface area contributed by atoms with Gasteiger partial charge in [0.25, 0.3) is 0 Å². The van der Waals surface area contributed by atoms with Crippen LogP contribution in [0.15, 0.2) is 30.3 Å². The number of carbonyl (C=O) groups is 1. The Morgan fingerprint density at radius 1 is 1.39 bits per heavy atom. The molecule has 1 rings (SSSR count). The van der Waals surface area contributed by atoms with E-state index in [-0.39, 0.29) is 25.9 Å². The summed E-state index contributed by atoms with van der Waals surface area (Å²) in [5.74, 6) is 0.475. The second kappa shape index (κ2) is 8.27. The molecule has 2 N–H and O–H groups in total. The van der Waals surface area contributed by atoms with Crippen LogP contribution in [0.4, 0.5) is 0 Å². The fourth-order valence-electron chi connectivity index (χ4n) is 1.21. The van der Waals surface area contributed by atoms with Gasteiger partial charge in [-0.1, -0.05) is 12.1 Å². The molecular formula is C13H17NO4. The van der Waals surface area contributed by atoms with Crippen molar-refractivity contribution in [2.75, 3.05) is 27.1 Å². The van der Waals surface area contributed by atoms with E-state index in [0.717, 1.165) is 5.56 Å². The van der Waals surface area contributed by atoms with Crippen LogP contribution in [0.5, 0.6) is 5.75 Å². The Hall–Kier alpha value is -1.85. The third-order valence-electron chi connectivity index (χ3n) is 2.06. The van der Waals surface area contributed by atoms with Crippen molar-refractivity contribution in [3.05, 3.63) is 35.9 Å². The molecule has 0 atom stereocenters. The molecule has 0 saturated carbocycles. The molecule has 1 aromatic carbocycles. The largest absolute Gasteiger partial charge is 0.468 e. The number of hydrogen-bond acceptors (Lipinski definition) is 4. The summed E-state index contributed by atoms with van der Waals surface area (Å²) in [6.07, 6.45) is 3.10.